The lowest BCUT2D eigenvalue weighted by molar-refractivity contribution is 0.0698. The Kier molecular flexibility index (Phi) is 3.19. The molecule has 2 N–H and O–H groups in total. The molecule has 5 nitrogen and oxygen atoms in total. The molecule has 0 amide bonds. The molecular formula is C15H9ClN2O3. The van der Waals surface area contributed by atoms with Gasteiger partial charge in [-0.05, 0) is 35.4 Å². The van der Waals surface area contributed by atoms with Gasteiger partial charge in [0.05, 0.1) is 22.8 Å². The summed E-state index contributed by atoms with van der Waals surface area (Å²) in [4.78, 5) is 29.8. The van der Waals surface area contributed by atoms with Crippen LogP contribution in [0.3, 0.4) is 0 Å². The van der Waals surface area contributed by atoms with Crippen molar-refractivity contribution < 1.29 is 9.90 Å². The van der Waals surface area contributed by atoms with Crippen LogP contribution in [0.1, 0.15) is 10.4 Å². The smallest absolute Gasteiger partial charge is 0.336 e. The van der Waals surface area contributed by atoms with Crippen LogP contribution in [0.2, 0.25) is 5.02 Å². The Labute approximate surface area is 123 Å². The summed E-state index contributed by atoms with van der Waals surface area (Å²) in [5, 5.41) is 10.2. The van der Waals surface area contributed by atoms with Crippen LogP contribution < -0.4 is 5.56 Å². The van der Waals surface area contributed by atoms with Gasteiger partial charge in [-0.2, -0.15) is 0 Å². The Bertz CT molecular complexity index is 918. The van der Waals surface area contributed by atoms with Crippen molar-refractivity contribution in [1.29, 1.82) is 0 Å². The van der Waals surface area contributed by atoms with E-state index in [1.54, 1.807) is 24.3 Å². The molecule has 3 aromatic rings. The van der Waals surface area contributed by atoms with Gasteiger partial charge in [0, 0.05) is 5.02 Å². The molecule has 0 saturated carbocycles. The van der Waals surface area contributed by atoms with E-state index in [9.17, 15) is 14.7 Å². The standard InChI is InChI=1S/C15H9ClN2O3/c16-9-3-1-2-8(4-9)10-5-12-13(6-11(10)15(20)21)17-7-18-14(12)19/h1-7H,(H,20,21)(H,17,18,19). The van der Waals surface area contributed by atoms with Crippen molar-refractivity contribution in [2.24, 2.45) is 0 Å². The summed E-state index contributed by atoms with van der Waals surface area (Å²) >= 11 is 5.95. The molecule has 0 fully saturated rings. The number of nitrogens with zero attached hydrogens (tertiary/aromatic N) is 1. The molecule has 0 aliphatic heterocycles. The highest BCUT2D eigenvalue weighted by atomic mass is 35.5. The largest absolute Gasteiger partial charge is 0.478 e. The maximum atomic E-state index is 11.8. The highest BCUT2D eigenvalue weighted by Gasteiger charge is 2.15. The van der Waals surface area contributed by atoms with Gasteiger partial charge in [-0.25, -0.2) is 9.78 Å². The van der Waals surface area contributed by atoms with Crippen LogP contribution in [0, 0.1) is 0 Å². The third-order valence-electron chi connectivity index (χ3n) is 3.15. The van der Waals surface area contributed by atoms with Crippen molar-refractivity contribution in [1.82, 2.24) is 9.97 Å². The average Bonchev–Trinajstić information content (AvgIpc) is 2.46. The van der Waals surface area contributed by atoms with E-state index in [1.165, 1.54) is 18.5 Å². The maximum Gasteiger partial charge on any atom is 0.336 e. The van der Waals surface area contributed by atoms with Crippen LogP contribution in [0.5, 0.6) is 0 Å². The Balaban J connectivity index is 2.39. The first-order chi connectivity index (χ1) is 10.1. The number of carbonyl (C=O) groups is 1. The molecule has 3 rings (SSSR count). The third kappa shape index (κ3) is 2.39. The fraction of sp³-hybridized carbons (Fsp3) is 0. The first-order valence-corrected chi connectivity index (χ1v) is 6.45. The number of hydrogen-bond acceptors (Lipinski definition) is 3. The summed E-state index contributed by atoms with van der Waals surface area (Å²) in [5.41, 5.74) is 1.14. The molecular weight excluding hydrogens is 292 g/mol. The fourth-order valence-corrected chi connectivity index (χ4v) is 2.38. The minimum atomic E-state index is -1.09. The number of rotatable bonds is 2. The Hall–Kier alpha value is -2.66. The van der Waals surface area contributed by atoms with Gasteiger partial charge in [0.15, 0.2) is 0 Å². The zero-order chi connectivity index (χ0) is 15.0. The fourth-order valence-electron chi connectivity index (χ4n) is 2.19. The summed E-state index contributed by atoms with van der Waals surface area (Å²) in [5.74, 6) is -1.09. The van der Waals surface area contributed by atoms with Gasteiger partial charge in [-0.15, -0.1) is 0 Å². The number of aromatic nitrogens is 2. The Morgan fingerprint density at radius 3 is 2.76 bits per heavy atom. The molecule has 0 bridgehead atoms. The molecule has 0 radical (unpaired) electrons. The van der Waals surface area contributed by atoms with Gasteiger partial charge in [0.1, 0.15) is 0 Å². The number of aromatic carboxylic acids is 1. The SMILES string of the molecule is O=C(O)c1cc2nc[nH]c(=O)c2cc1-c1cccc(Cl)c1. The number of benzene rings is 2. The van der Waals surface area contributed by atoms with Crippen LogP contribution >= 0.6 is 11.6 Å². The van der Waals surface area contributed by atoms with E-state index < -0.39 is 5.97 Å². The highest BCUT2D eigenvalue weighted by molar-refractivity contribution is 6.30. The molecule has 2 aromatic carbocycles. The minimum Gasteiger partial charge on any atom is -0.478 e. The van der Waals surface area contributed by atoms with E-state index in [1.807, 2.05) is 0 Å². The van der Waals surface area contributed by atoms with Crippen LogP contribution in [-0.2, 0) is 0 Å². The first kappa shape index (κ1) is 13.3. The minimum absolute atomic E-state index is 0.0721. The van der Waals surface area contributed by atoms with Crippen LogP contribution in [0.4, 0.5) is 0 Å². The van der Waals surface area contributed by atoms with E-state index in [-0.39, 0.29) is 11.1 Å². The average molecular weight is 301 g/mol. The van der Waals surface area contributed by atoms with Crippen LogP contribution in [-0.4, -0.2) is 21.0 Å². The number of fused-ring (bicyclic) bond motifs is 1. The first-order valence-electron chi connectivity index (χ1n) is 6.07. The number of carboxylic acids is 1. The van der Waals surface area contributed by atoms with Crippen molar-refractivity contribution in [3.63, 3.8) is 0 Å². The zero-order valence-electron chi connectivity index (χ0n) is 10.6. The number of carboxylic acid groups (broad SMARTS) is 1. The van der Waals surface area contributed by atoms with Gasteiger partial charge in [-0.3, -0.25) is 4.79 Å². The topological polar surface area (TPSA) is 83.0 Å². The van der Waals surface area contributed by atoms with Crippen molar-refractivity contribution in [3.8, 4) is 11.1 Å². The Morgan fingerprint density at radius 1 is 1.24 bits per heavy atom. The second-order valence-corrected chi connectivity index (χ2v) is 4.90. The molecule has 0 atom stereocenters. The molecule has 0 aliphatic rings. The molecule has 104 valence electrons. The van der Waals surface area contributed by atoms with Crippen molar-refractivity contribution >= 4 is 28.5 Å². The van der Waals surface area contributed by atoms with E-state index in [4.69, 9.17) is 11.6 Å². The van der Waals surface area contributed by atoms with Gasteiger partial charge in [-0.1, -0.05) is 23.7 Å². The lowest BCUT2D eigenvalue weighted by atomic mass is 9.97. The molecule has 0 spiro atoms. The van der Waals surface area contributed by atoms with Crippen molar-refractivity contribution in [2.75, 3.05) is 0 Å². The second kappa shape index (κ2) is 5.03. The van der Waals surface area contributed by atoms with E-state index >= 15 is 0 Å². The summed E-state index contributed by atoms with van der Waals surface area (Å²) in [6, 6.07) is 9.73. The van der Waals surface area contributed by atoms with Crippen LogP contribution in [0.15, 0.2) is 47.5 Å². The summed E-state index contributed by atoms with van der Waals surface area (Å²) < 4.78 is 0. The summed E-state index contributed by atoms with van der Waals surface area (Å²) in [6.07, 6.45) is 1.25. The molecule has 0 saturated heterocycles. The van der Waals surface area contributed by atoms with Gasteiger partial charge in [0.25, 0.3) is 5.56 Å². The van der Waals surface area contributed by atoms with E-state index in [2.05, 4.69) is 9.97 Å². The highest BCUT2D eigenvalue weighted by Crippen LogP contribution is 2.28. The normalized spacial score (nSPS) is 10.7. The molecule has 0 unspecified atom stereocenters. The monoisotopic (exact) mass is 300 g/mol. The number of hydrogen-bond donors (Lipinski definition) is 2. The number of aromatic amines is 1. The van der Waals surface area contributed by atoms with E-state index in [0.29, 0.717) is 27.1 Å². The summed E-state index contributed by atoms with van der Waals surface area (Å²) in [6.45, 7) is 0. The van der Waals surface area contributed by atoms with Crippen molar-refractivity contribution in [3.05, 3.63) is 63.7 Å². The third-order valence-corrected chi connectivity index (χ3v) is 3.38. The predicted molar refractivity (Wildman–Crippen MR) is 79.8 cm³/mol. The van der Waals surface area contributed by atoms with Gasteiger partial charge < -0.3 is 10.1 Å². The quantitative estimate of drug-likeness (QED) is 0.762. The zero-order valence-corrected chi connectivity index (χ0v) is 11.4. The van der Waals surface area contributed by atoms with Crippen molar-refractivity contribution in [2.45, 2.75) is 0 Å². The molecule has 1 heterocycles. The maximum absolute atomic E-state index is 11.8. The molecule has 1 aromatic heterocycles. The predicted octanol–water partition coefficient (Wildman–Crippen LogP) is 2.94. The summed E-state index contributed by atoms with van der Waals surface area (Å²) in [7, 11) is 0. The molecule has 0 aliphatic carbocycles. The van der Waals surface area contributed by atoms with E-state index in [0.717, 1.165) is 0 Å². The lowest BCUT2D eigenvalue weighted by Crippen LogP contribution is -2.08. The Morgan fingerprint density at radius 2 is 2.05 bits per heavy atom. The number of nitrogens with one attached hydrogen (secondary N) is 1. The van der Waals surface area contributed by atoms with Gasteiger partial charge in [0.2, 0.25) is 0 Å². The van der Waals surface area contributed by atoms with Crippen LogP contribution in [0.25, 0.3) is 22.0 Å². The number of halogens is 1. The van der Waals surface area contributed by atoms with Gasteiger partial charge >= 0.3 is 5.97 Å². The second-order valence-electron chi connectivity index (χ2n) is 4.46. The lowest BCUT2D eigenvalue weighted by Gasteiger charge is -2.08. The number of H-pyrrole nitrogens is 1. The molecule has 21 heavy (non-hydrogen) atoms. The molecule has 6 heteroatoms.